The summed E-state index contributed by atoms with van der Waals surface area (Å²) in [5.74, 6) is 1.09. The van der Waals surface area contributed by atoms with Crippen LogP contribution in [0.3, 0.4) is 0 Å². The Kier molecular flexibility index (Phi) is 3.70. The lowest BCUT2D eigenvalue weighted by atomic mass is 10.2. The minimum absolute atomic E-state index is 0.256. The van der Waals surface area contributed by atoms with Crippen molar-refractivity contribution in [1.82, 2.24) is 15.1 Å². The summed E-state index contributed by atoms with van der Waals surface area (Å²) in [6.45, 7) is 2.83. The van der Waals surface area contributed by atoms with Crippen LogP contribution >= 0.6 is 11.3 Å². The smallest absolute Gasteiger partial charge is 0.293 e. The van der Waals surface area contributed by atoms with Gasteiger partial charge in [0.1, 0.15) is 23.1 Å². The van der Waals surface area contributed by atoms with Crippen molar-refractivity contribution in [3.05, 3.63) is 28.8 Å². The largest absolute Gasteiger partial charge is 0.508 e. The summed E-state index contributed by atoms with van der Waals surface area (Å²) in [5.41, 5.74) is 0.985. The molecule has 0 saturated heterocycles. The molecule has 0 spiro atoms. The van der Waals surface area contributed by atoms with Crippen molar-refractivity contribution >= 4 is 11.3 Å². The van der Waals surface area contributed by atoms with E-state index in [0.717, 1.165) is 22.9 Å². The summed E-state index contributed by atoms with van der Waals surface area (Å²) in [7, 11) is 1.59. The molecule has 2 aromatic rings. The van der Waals surface area contributed by atoms with Crippen molar-refractivity contribution in [2.75, 3.05) is 20.3 Å². The van der Waals surface area contributed by atoms with Gasteiger partial charge in [-0.05, 0) is 18.2 Å². The van der Waals surface area contributed by atoms with Crippen LogP contribution in [0, 0.1) is 0 Å². The van der Waals surface area contributed by atoms with Crippen LogP contribution in [0.25, 0.3) is 0 Å². The molecule has 0 aliphatic carbocycles. The number of benzene rings is 1. The molecule has 0 saturated carbocycles. The fraction of sp³-hybridized carbons (Fsp3) is 0.385. The van der Waals surface area contributed by atoms with Gasteiger partial charge < -0.3 is 14.6 Å². The number of ether oxygens (including phenoxy) is 2. The third kappa shape index (κ3) is 2.83. The number of hydrogen-bond donors (Lipinski definition) is 1. The Hall–Kier alpha value is -1.86. The third-order valence-electron chi connectivity index (χ3n) is 3.08. The van der Waals surface area contributed by atoms with Crippen molar-refractivity contribution in [1.29, 1.82) is 0 Å². The standard InChI is InChI=1S/C13H15N3O3S/c1-18-13-15-14-12(20-13)8-16-4-5-19-11-3-2-10(17)6-9(11)7-16/h2-3,6,17H,4-5,7-8H2,1H3. The highest BCUT2D eigenvalue weighted by atomic mass is 32.1. The number of phenols is 1. The molecule has 0 radical (unpaired) electrons. The number of fused-ring (bicyclic) bond motifs is 1. The first-order valence-electron chi connectivity index (χ1n) is 6.28. The molecule has 1 aliphatic rings. The highest BCUT2D eigenvalue weighted by Crippen LogP contribution is 2.28. The second-order valence-electron chi connectivity index (χ2n) is 4.52. The molecule has 3 rings (SSSR count). The zero-order valence-corrected chi connectivity index (χ0v) is 11.9. The maximum Gasteiger partial charge on any atom is 0.293 e. The quantitative estimate of drug-likeness (QED) is 0.928. The summed E-state index contributed by atoms with van der Waals surface area (Å²) in [5, 5.41) is 19.1. The number of aromatic hydroxyl groups is 1. The molecule has 1 aliphatic heterocycles. The van der Waals surface area contributed by atoms with Crippen LogP contribution < -0.4 is 9.47 Å². The van der Waals surface area contributed by atoms with E-state index in [9.17, 15) is 5.11 Å². The highest BCUT2D eigenvalue weighted by Gasteiger charge is 2.17. The highest BCUT2D eigenvalue weighted by molar-refractivity contribution is 7.13. The Morgan fingerprint density at radius 3 is 3.15 bits per heavy atom. The van der Waals surface area contributed by atoms with Crippen molar-refractivity contribution < 1.29 is 14.6 Å². The van der Waals surface area contributed by atoms with Crippen LogP contribution in [0.15, 0.2) is 18.2 Å². The second kappa shape index (κ2) is 5.64. The van der Waals surface area contributed by atoms with Gasteiger partial charge in [-0.15, -0.1) is 10.2 Å². The van der Waals surface area contributed by atoms with E-state index in [1.54, 1.807) is 19.2 Å². The van der Waals surface area contributed by atoms with E-state index in [0.29, 0.717) is 24.9 Å². The zero-order chi connectivity index (χ0) is 13.9. The van der Waals surface area contributed by atoms with Crippen molar-refractivity contribution in [2.45, 2.75) is 13.1 Å². The Labute approximate surface area is 120 Å². The van der Waals surface area contributed by atoms with E-state index >= 15 is 0 Å². The summed E-state index contributed by atoms with van der Waals surface area (Å²) < 4.78 is 10.7. The maximum absolute atomic E-state index is 9.58. The molecule has 0 unspecified atom stereocenters. The molecule has 106 valence electrons. The first kappa shape index (κ1) is 13.1. The van der Waals surface area contributed by atoms with E-state index in [2.05, 4.69) is 15.1 Å². The van der Waals surface area contributed by atoms with Crippen LogP contribution in [-0.4, -0.2) is 40.5 Å². The number of hydrogen-bond acceptors (Lipinski definition) is 7. The van der Waals surface area contributed by atoms with Gasteiger partial charge in [0.2, 0.25) is 0 Å². The van der Waals surface area contributed by atoms with Gasteiger partial charge in [0, 0.05) is 18.7 Å². The van der Waals surface area contributed by atoms with Crippen molar-refractivity contribution in [3.63, 3.8) is 0 Å². The lowest BCUT2D eigenvalue weighted by molar-refractivity contribution is 0.219. The summed E-state index contributed by atoms with van der Waals surface area (Å²) in [6, 6.07) is 5.20. The topological polar surface area (TPSA) is 67.7 Å². The van der Waals surface area contributed by atoms with Gasteiger partial charge in [-0.25, -0.2) is 0 Å². The van der Waals surface area contributed by atoms with E-state index in [-0.39, 0.29) is 5.75 Å². The number of rotatable bonds is 3. The van der Waals surface area contributed by atoms with Gasteiger partial charge in [-0.1, -0.05) is 11.3 Å². The van der Waals surface area contributed by atoms with Crippen LogP contribution in [-0.2, 0) is 13.1 Å². The number of methoxy groups -OCH3 is 1. The van der Waals surface area contributed by atoms with Crippen LogP contribution in [0.1, 0.15) is 10.6 Å². The Morgan fingerprint density at radius 1 is 1.45 bits per heavy atom. The number of aromatic nitrogens is 2. The van der Waals surface area contributed by atoms with Crippen LogP contribution in [0.2, 0.25) is 0 Å². The third-order valence-corrected chi connectivity index (χ3v) is 3.95. The molecule has 0 amide bonds. The fourth-order valence-electron chi connectivity index (χ4n) is 2.15. The SMILES string of the molecule is COc1nnc(CN2CCOc3ccc(O)cc3C2)s1. The maximum atomic E-state index is 9.58. The monoisotopic (exact) mass is 293 g/mol. The lowest BCUT2D eigenvalue weighted by Crippen LogP contribution is -2.25. The summed E-state index contributed by atoms with van der Waals surface area (Å²) in [4.78, 5) is 2.21. The average Bonchev–Trinajstić information content (AvgIpc) is 2.79. The fourth-order valence-corrected chi connectivity index (χ4v) is 2.84. The van der Waals surface area contributed by atoms with Crippen molar-refractivity contribution in [2.24, 2.45) is 0 Å². The molecule has 0 bridgehead atoms. The first-order valence-corrected chi connectivity index (χ1v) is 7.09. The molecule has 2 heterocycles. The van der Waals surface area contributed by atoms with Crippen LogP contribution in [0.5, 0.6) is 16.7 Å². The molecular weight excluding hydrogens is 278 g/mol. The van der Waals surface area contributed by atoms with Crippen LogP contribution in [0.4, 0.5) is 0 Å². The number of phenolic OH excluding ortho intramolecular Hbond substituents is 1. The molecule has 1 aromatic carbocycles. The minimum atomic E-state index is 0.256. The Bertz CT molecular complexity index is 602. The Morgan fingerprint density at radius 2 is 2.35 bits per heavy atom. The van der Waals surface area contributed by atoms with E-state index in [4.69, 9.17) is 9.47 Å². The van der Waals surface area contributed by atoms with Gasteiger partial charge in [0.05, 0.1) is 13.7 Å². The lowest BCUT2D eigenvalue weighted by Gasteiger charge is -2.17. The van der Waals surface area contributed by atoms with Gasteiger partial charge in [0.25, 0.3) is 5.19 Å². The zero-order valence-electron chi connectivity index (χ0n) is 11.1. The van der Waals surface area contributed by atoms with E-state index in [1.807, 2.05) is 6.07 Å². The second-order valence-corrected chi connectivity index (χ2v) is 5.54. The summed E-state index contributed by atoms with van der Waals surface area (Å²) >= 11 is 1.44. The van der Waals surface area contributed by atoms with Gasteiger partial charge >= 0.3 is 0 Å². The van der Waals surface area contributed by atoms with E-state index in [1.165, 1.54) is 11.3 Å². The predicted molar refractivity (Wildman–Crippen MR) is 74.2 cm³/mol. The van der Waals surface area contributed by atoms with Crippen molar-refractivity contribution in [3.8, 4) is 16.7 Å². The minimum Gasteiger partial charge on any atom is -0.508 e. The molecule has 1 aromatic heterocycles. The van der Waals surface area contributed by atoms with Gasteiger partial charge in [-0.3, -0.25) is 4.90 Å². The van der Waals surface area contributed by atoms with Gasteiger partial charge in [0.15, 0.2) is 0 Å². The predicted octanol–water partition coefficient (Wildman–Crippen LogP) is 1.65. The Balaban J connectivity index is 1.74. The molecule has 7 heteroatoms. The average molecular weight is 293 g/mol. The first-order chi connectivity index (χ1) is 9.74. The molecule has 0 atom stereocenters. The molecule has 1 N–H and O–H groups in total. The molecule has 0 fully saturated rings. The molecule has 20 heavy (non-hydrogen) atoms. The molecule has 6 nitrogen and oxygen atoms in total. The van der Waals surface area contributed by atoms with E-state index < -0.39 is 0 Å². The number of nitrogens with zero attached hydrogens (tertiary/aromatic N) is 3. The summed E-state index contributed by atoms with van der Waals surface area (Å²) in [6.07, 6.45) is 0. The molecular formula is C13H15N3O3S. The van der Waals surface area contributed by atoms with Gasteiger partial charge in [-0.2, -0.15) is 0 Å². The normalized spacial score (nSPS) is 15.2.